The number of hydrogen-bond donors (Lipinski definition) is 1. The van der Waals surface area contributed by atoms with Crippen LogP contribution in [0.3, 0.4) is 0 Å². The third-order valence-corrected chi connectivity index (χ3v) is 0.576. The van der Waals surface area contributed by atoms with Gasteiger partial charge in [-0.1, -0.05) is 0 Å². The van der Waals surface area contributed by atoms with Crippen LogP contribution in [0.25, 0.3) is 0 Å². The molecule has 0 aliphatic heterocycles. The van der Waals surface area contributed by atoms with E-state index in [1.54, 1.807) is 0 Å². The molecular formula is C4H6ClFO. The molecule has 0 bridgehead atoms. The summed E-state index contributed by atoms with van der Waals surface area (Å²) in [6.45, 7) is -0.475. The van der Waals surface area contributed by atoms with E-state index in [0.717, 1.165) is 0 Å². The van der Waals surface area contributed by atoms with Crippen LogP contribution < -0.4 is 0 Å². The first-order valence-electron chi connectivity index (χ1n) is 1.88. The molecule has 0 aromatic rings. The van der Waals surface area contributed by atoms with Crippen molar-refractivity contribution >= 4 is 11.6 Å². The molecule has 0 aliphatic carbocycles. The number of allylic oxidation sites excluding steroid dienone is 1. The van der Waals surface area contributed by atoms with Crippen molar-refractivity contribution in [1.29, 1.82) is 0 Å². The van der Waals surface area contributed by atoms with Gasteiger partial charge in [0.25, 0.3) is 0 Å². The number of alkyl halides is 1. The van der Waals surface area contributed by atoms with E-state index in [0.29, 0.717) is 0 Å². The molecule has 3 heteroatoms. The lowest BCUT2D eigenvalue weighted by atomic mass is 10.5. The van der Waals surface area contributed by atoms with E-state index in [4.69, 9.17) is 16.7 Å². The van der Waals surface area contributed by atoms with E-state index in [-0.39, 0.29) is 11.6 Å². The van der Waals surface area contributed by atoms with Gasteiger partial charge in [-0.15, -0.1) is 0 Å². The number of hydrogen-bond acceptors (Lipinski definition) is 1. The molecule has 0 aliphatic rings. The molecule has 0 rings (SSSR count). The zero-order valence-corrected chi connectivity index (χ0v) is 4.45. The van der Waals surface area contributed by atoms with Gasteiger partial charge in [0, 0.05) is 0 Å². The average Bonchev–Trinajstić information content (AvgIpc) is 1.61. The minimum Gasteiger partial charge on any atom is -0.499 e. The zero-order valence-electron chi connectivity index (χ0n) is 3.69. The maximum atomic E-state index is 11.1. The predicted octanol–water partition coefficient (Wildman–Crippen LogP) is 1.98. The van der Waals surface area contributed by atoms with Crippen molar-refractivity contribution < 1.29 is 9.50 Å². The van der Waals surface area contributed by atoms with E-state index in [1.165, 1.54) is 6.08 Å². The summed E-state index contributed by atoms with van der Waals surface area (Å²) in [7, 11) is 0. The standard InChI is InChI=1S/C4H6ClFO/c5-4(7)2-1-3-6/h2,7H,1,3H2. The molecule has 0 aromatic carbocycles. The van der Waals surface area contributed by atoms with Gasteiger partial charge in [-0.2, -0.15) is 0 Å². The fourth-order valence-corrected chi connectivity index (χ4v) is 0.283. The monoisotopic (exact) mass is 124 g/mol. The molecule has 0 radical (unpaired) electrons. The van der Waals surface area contributed by atoms with Gasteiger partial charge in [0.15, 0.2) is 5.22 Å². The number of aliphatic hydroxyl groups excluding tert-OH is 1. The number of aliphatic hydroxyl groups is 1. The molecule has 0 heterocycles. The largest absolute Gasteiger partial charge is 0.499 e. The Balaban J connectivity index is 3.08. The maximum Gasteiger partial charge on any atom is 0.180 e. The first-order valence-corrected chi connectivity index (χ1v) is 2.25. The Bertz CT molecular complexity index is 68.1. The van der Waals surface area contributed by atoms with Gasteiger partial charge in [0.2, 0.25) is 0 Å². The molecule has 1 N–H and O–H groups in total. The molecule has 0 aromatic heterocycles. The van der Waals surface area contributed by atoms with Crippen molar-refractivity contribution in [3.8, 4) is 0 Å². The zero-order chi connectivity index (χ0) is 5.70. The smallest absolute Gasteiger partial charge is 0.180 e. The first kappa shape index (κ1) is 6.76. The average molecular weight is 125 g/mol. The minimum atomic E-state index is -0.475. The van der Waals surface area contributed by atoms with Crippen LogP contribution in [0, 0.1) is 0 Å². The second-order valence-corrected chi connectivity index (χ2v) is 1.39. The van der Waals surface area contributed by atoms with E-state index >= 15 is 0 Å². The Morgan fingerprint density at radius 2 is 2.43 bits per heavy atom. The molecule has 1 nitrogen and oxygen atoms in total. The first-order chi connectivity index (χ1) is 3.27. The summed E-state index contributed by atoms with van der Waals surface area (Å²) in [6, 6.07) is 0. The SMILES string of the molecule is OC(Cl)=CCCF. The Morgan fingerprint density at radius 1 is 1.86 bits per heavy atom. The highest BCUT2D eigenvalue weighted by molar-refractivity contribution is 6.27. The van der Waals surface area contributed by atoms with Crippen LogP contribution >= 0.6 is 11.6 Å². The molecule has 0 amide bonds. The number of halogens is 2. The molecule has 0 atom stereocenters. The van der Waals surface area contributed by atoms with Gasteiger partial charge in [-0.3, -0.25) is 4.39 Å². The van der Waals surface area contributed by atoms with Crippen LogP contribution in [0.15, 0.2) is 11.3 Å². The summed E-state index contributed by atoms with van der Waals surface area (Å²) in [5.74, 6) is 0. The van der Waals surface area contributed by atoms with Crippen molar-refractivity contribution in [2.24, 2.45) is 0 Å². The minimum absolute atomic E-state index is 0.190. The third-order valence-electron chi connectivity index (χ3n) is 0.422. The summed E-state index contributed by atoms with van der Waals surface area (Å²) in [5.41, 5.74) is 0. The topological polar surface area (TPSA) is 20.2 Å². The van der Waals surface area contributed by atoms with Crippen molar-refractivity contribution in [3.63, 3.8) is 0 Å². The van der Waals surface area contributed by atoms with E-state index in [2.05, 4.69) is 0 Å². The molecule has 0 fully saturated rings. The van der Waals surface area contributed by atoms with Crippen LogP contribution in [-0.2, 0) is 0 Å². The highest BCUT2D eigenvalue weighted by atomic mass is 35.5. The van der Waals surface area contributed by atoms with Gasteiger partial charge < -0.3 is 5.11 Å². The van der Waals surface area contributed by atoms with Gasteiger partial charge >= 0.3 is 0 Å². The van der Waals surface area contributed by atoms with Crippen LogP contribution in [0.5, 0.6) is 0 Å². The van der Waals surface area contributed by atoms with E-state index in [1.807, 2.05) is 0 Å². The van der Waals surface area contributed by atoms with E-state index < -0.39 is 6.67 Å². The molecule has 0 spiro atoms. The summed E-state index contributed by atoms with van der Waals surface area (Å²) in [5, 5.41) is 7.81. The van der Waals surface area contributed by atoms with Gasteiger partial charge in [-0.25, -0.2) is 0 Å². The molecule has 42 valence electrons. The fraction of sp³-hybridized carbons (Fsp3) is 0.500. The molecule has 0 unspecified atom stereocenters. The quantitative estimate of drug-likeness (QED) is 0.558. The summed E-state index contributed by atoms with van der Waals surface area (Å²) in [6.07, 6.45) is 1.40. The lowest BCUT2D eigenvalue weighted by Gasteiger charge is -1.80. The summed E-state index contributed by atoms with van der Waals surface area (Å²) >= 11 is 4.91. The van der Waals surface area contributed by atoms with Crippen LogP contribution in [0.1, 0.15) is 6.42 Å². The molecule has 0 saturated heterocycles. The Hall–Kier alpha value is -0.240. The molecule has 7 heavy (non-hydrogen) atoms. The Kier molecular flexibility index (Phi) is 3.80. The Labute approximate surface area is 46.4 Å². The lowest BCUT2D eigenvalue weighted by molar-refractivity contribution is 0.442. The maximum absolute atomic E-state index is 11.1. The molecular weight excluding hydrogens is 118 g/mol. The third kappa shape index (κ3) is 5.76. The number of rotatable bonds is 2. The van der Waals surface area contributed by atoms with Gasteiger partial charge in [0.1, 0.15) is 0 Å². The van der Waals surface area contributed by atoms with Crippen LogP contribution in [-0.4, -0.2) is 11.8 Å². The predicted molar refractivity (Wildman–Crippen MR) is 27.2 cm³/mol. The van der Waals surface area contributed by atoms with Crippen LogP contribution in [0.4, 0.5) is 4.39 Å². The van der Waals surface area contributed by atoms with Crippen molar-refractivity contribution in [2.75, 3.05) is 6.67 Å². The Morgan fingerprint density at radius 3 is 2.57 bits per heavy atom. The molecule has 0 saturated carbocycles. The summed E-state index contributed by atoms with van der Waals surface area (Å²) in [4.78, 5) is 0. The van der Waals surface area contributed by atoms with Crippen molar-refractivity contribution in [2.45, 2.75) is 6.42 Å². The van der Waals surface area contributed by atoms with Gasteiger partial charge in [0.05, 0.1) is 6.67 Å². The van der Waals surface area contributed by atoms with Crippen molar-refractivity contribution in [3.05, 3.63) is 11.3 Å². The highest BCUT2D eigenvalue weighted by Gasteiger charge is 1.80. The highest BCUT2D eigenvalue weighted by Crippen LogP contribution is 1.95. The lowest BCUT2D eigenvalue weighted by Crippen LogP contribution is -1.70. The van der Waals surface area contributed by atoms with Gasteiger partial charge in [-0.05, 0) is 24.1 Å². The second-order valence-electron chi connectivity index (χ2n) is 1.00. The second kappa shape index (κ2) is 3.93. The summed E-state index contributed by atoms with van der Waals surface area (Å²) < 4.78 is 11.1. The normalized spacial score (nSPS) is 12.0. The van der Waals surface area contributed by atoms with E-state index in [9.17, 15) is 4.39 Å². The van der Waals surface area contributed by atoms with Crippen molar-refractivity contribution in [1.82, 2.24) is 0 Å². The van der Waals surface area contributed by atoms with Crippen LogP contribution in [0.2, 0.25) is 0 Å². The fourth-order valence-electron chi connectivity index (χ4n) is 0.174.